The Labute approximate surface area is 162 Å². The third kappa shape index (κ3) is 3.04. The SMILES string of the molecule is CC[C@@H]1c2nncn2-c2cnc(C(=O)Cc3ccc(F)cc3)nc2N1C(C)C. The van der Waals surface area contributed by atoms with Crippen molar-refractivity contribution in [2.45, 2.75) is 45.7 Å². The molecule has 28 heavy (non-hydrogen) atoms. The molecule has 0 radical (unpaired) electrons. The molecule has 8 heteroatoms. The number of halogens is 1. The average molecular weight is 380 g/mol. The van der Waals surface area contributed by atoms with Gasteiger partial charge in [0.25, 0.3) is 0 Å². The lowest BCUT2D eigenvalue weighted by molar-refractivity contribution is 0.0983. The summed E-state index contributed by atoms with van der Waals surface area (Å²) in [6.07, 6.45) is 4.25. The molecule has 4 rings (SSSR count). The van der Waals surface area contributed by atoms with E-state index >= 15 is 0 Å². The normalized spacial score (nSPS) is 15.5. The second kappa shape index (κ2) is 7.10. The van der Waals surface area contributed by atoms with E-state index in [0.29, 0.717) is 5.82 Å². The zero-order chi connectivity index (χ0) is 19.8. The van der Waals surface area contributed by atoms with Crippen LogP contribution in [0.25, 0.3) is 5.69 Å². The zero-order valence-corrected chi connectivity index (χ0v) is 16.0. The molecule has 3 aromatic rings. The number of ketones is 1. The van der Waals surface area contributed by atoms with Crippen LogP contribution in [0.2, 0.25) is 0 Å². The van der Waals surface area contributed by atoms with Gasteiger partial charge in [-0.05, 0) is 38.0 Å². The van der Waals surface area contributed by atoms with Crippen LogP contribution in [0, 0.1) is 5.82 Å². The van der Waals surface area contributed by atoms with Gasteiger partial charge >= 0.3 is 0 Å². The minimum absolute atomic E-state index is 0.0185. The Balaban J connectivity index is 1.73. The largest absolute Gasteiger partial charge is 0.342 e. The van der Waals surface area contributed by atoms with Crippen molar-refractivity contribution in [3.63, 3.8) is 0 Å². The lowest BCUT2D eigenvalue weighted by atomic mass is 10.1. The fourth-order valence-corrected chi connectivity index (χ4v) is 3.64. The molecule has 1 aromatic carbocycles. The van der Waals surface area contributed by atoms with Gasteiger partial charge in [0.05, 0.1) is 12.2 Å². The maximum absolute atomic E-state index is 13.1. The number of aromatic nitrogens is 5. The van der Waals surface area contributed by atoms with Crippen molar-refractivity contribution in [2.75, 3.05) is 4.90 Å². The van der Waals surface area contributed by atoms with Crippen LogP contribution in [0.1, 0.15) is 55.2 Å². The van der Waals surface area contributed by atoms with E-state index in [1.807, 2.05) is 4.57 Å². The minimum atomic E-state index is -0.329. The molecule has 0 saturated carbocycles. The van der Waals surface area contributed by atoms with Gasteiger partial charge in [-0.3, -0.25) is 9.36 Å². The molecule has 0 N–H and O–H groups in total. The van der Waals surface area contributed by atoms with E-state index in [1.165, 1.54) is 12.1 Å². The summed E-state index contributed by atoms with van der Waals surface area (Å²) in [5, 5.41) is 8.33. The molecule has 0 saturated heterocycles. The maximum atomic E-state index is 13.1. The summed E-state index contributed by atoms with van der Waals surface area (Å²) >= 11 is 0. The Morgan fingerprint density at radius 1 is 1.25 bits per heavy atom. The van der Waals surface area contributed by atoms with Gasteiger partial charge in [-0.25, -0.2) is 14.4 Å². The number of fused-ring (bicyclic) bond motifs is 3. The number of carbonyl (C=O) groups excluding carboxylic acids is 1. The standard InChI is InChI=1S/C20H21FN6O/c1-4-15-20-25-23-11-26(20)16-10-22-18(24-19(16)27(15)12(2)3)17(28)9-13-5-7-14(21)8-6-13/h5-8,10-12,15H,4,9H2,1-3H3/t15-/m1/s1. The molecule has 1 atom stereocenters. The highest BCUT2D eigenvalue weighted by Crippen LogP contribution is 2.38. The van der Waals surface area contributed by atoms with Crippen LogP contribution in [0.15, 0.2) is 36.8 Å². The Kier molecular flexibility index (Phi) is 4.62. The highest BCUT2D eigenvalue weighted by Gasteiger charge is 2.35. The van der Waals surface area contributed by atoms with E-state index in [9.17, 15) is 9.18 Å². The summed E-state index contributed by atoms with van der Waals surface area (Å²) in [4.78, 5) is 23.8. The van der Waals surface area contributed by atoms with Gasteiger partial charge in [-0.15, -0.1) is 10.2 Å². The molecule has 1 aliphatic heterocycles. The first-order valence-corrected chi connectivity index (χ1v) is 9.33. The van der Waals surface area contributed by atoms with Crippen molar-refractivity contribution in [1.29, 1.82) is 0 Å². The summed E-state index contributed by atoms with van der Waals surface area (Å²) in [6, 6.07) is 6.06. The smallest absolute Gasteiger partial charge is 0.204 e. The molecule has 3 heterocycles. The monoisotopic (exact) mass is 380 g/mol. The molecule has 0 amide bonds. The number of benzene rings is 1. The van der Waals surface area contributed by atoms with Crippen LogP contribution in [0.5, 0.6) is 0 Å². The number of rotatable bonds is 5. The molecule has 144 valence electrons. The van der Waals surface area contributed by atoms with Crippen molar-refractivity contribution >= 4 is 11.6 Å². The van der Waals surface area contributed by atoms with E-state index in [2.05, 4.69) is 45.8 Å². The number of nitrogens with zero attached hydrogens (tertiary/aromatic N) is 6. The second-order valence-electron chi connectivity index (χ2n) is 7.11. The van der Waals surface area contributed by atoms with Crippen LogP contribution in [0.4, 0.5) is 10.2 Å². The molecule has 0 spiro atoms. The van der Waals surface area contributed by atoms with Gasteiger partial charge in [-0.2, -0.15) is 0 Å². The number of anilines is 1. The van der Waals surface area contributed by atoms with Crippen molar-refractivity contribution in [1.82, 2.24) is 24.7 Å². The zero-order valence-electron chi connectivity index (χ0n) is 16.0. The molecule has 0 aliphatic carbocycles. The van der Waals surface area contributed by atoms with E-state index in [0.717, 1.165) is 23.5 Å². The maximum Gasteiger partial charge on any atom is 0.204 e. The topological polar surface area (TPSA) is 76.8 Å². The predicted octanol–water partition coefficient (Wildman–Crippen LogP) is 3.30. The second-order valence-corrected chi connectivity index (χ2v) is 7.11. The van der Waals surface area contributed by atoms with E-state index in [1.54, 1.807) is 24.7 Å². The van der Waals surface area contributed by atoms with Crippen LogP contribution in [-0.2, 0) is 6.42 Å². The Morgan fingerprint density at radius 3 is 2.68 bits per heavy atom. The van der Waals surface area contributed by atoms with Crippen molar-refractivity contribution in [3.05, 3.63) is 59.8 Å². The van der Waals surface area contributed by atoms with Gasteiger partial charge in [0.1, 0.15) is 17.8 Å². The molecule has 1 aliphatic rings. The lowest BCUT2D eigenvalue weighted by Gasteiger charge is -2.39. The number of Topliss-reactive ketones (excluding diaryl/α,β-unsaturated/α-hetero) is 1. The minimum Gasteiger partial charge on any atom is -0.342 e. The highest BCUT2D eigenvalue weighted by atomic mass is 19.1. The molecule has 7 nitrogen and oxygen atoms in total. The summed E-state index contributed by atoms with van der Waals surface area (Å²) in [6.45, 7) is 6.26. The lowest BCUT2D eigenvalue weighted by Crippen LogP contribution is -2.40. The molecular weight excluding hydrogens is 359 g/mol. The Bertz CT molecular complexity index is 1010. The summed E-state index contributed by atoms with van der Waals surface area (Å²) in [5.41, 5.74) is 1.48. The van der Waals surface area contributed by atoms with E-state index in [4.69, 9.17) is 0 Å². The van der Waals surface area contributed by atoms with Crippen LogP contribution in [-0.4, -0.2) is 36.6 Å². The summed E-state index contributed by atoms with van der Waals surface area (Å²) < 4.78 is 15.0. The average Bonchev–Trinajstić information content (AvgIpc) is 3.17. The van der Waals surface area contributed by atoms with E-state index in [-0.39, 0.29) is 35.9 Å². The third-order valence-electron chi connectivity index (χ3n) is 4.93. The fourth-order valence-electron chi connectivity index (χ4n) is 3.64. The molecule has 0 bridgehead atoms. The predicted molar refractivity (Wildman–Crippen MR) is 102 cm³/mol. The third-order valence-corrected chi connectivity index (χ3v) is 4.93. The van der Waals surface area contributed by atoms with Crippen LogP contribution >= 0.6 is 0 Å². The van der Waals surface area contributed by atoms with Crippen molar-refractivity contribution in [3.8, 4) is 5.69 Å². The first-order chi connectivity index (χ1) is 13.5. The van der Waals surface area contributed by atoms with Gasteiger partial charge in [0.15, 0.2) is 17.5 Å². The molecule has 2 aromatic heterocycles. The first-order valence-electron chi connectivity index (χ1n) is 9.33. The summed E-state index contributed by atoms with van der Waals surface area (Å²) in [5.74, 6) is 1.16. The Hall–Kier alpha value is -3.16. The summed E-state index contributed by atoms with van der Waals surface area (Å²) in [7, 11) is 0. The van der Waals surface area contributed by atoms with Gasteiger partial charge in [0, 0.05) is 12.5 Å². The number of hydrogen-bond donors (Lipinski definition) is 0. The van der Waals surface area contributed by atoms with Crippen molar-refractivity contribution < 1.29 is 9.18 Å². The molecule has 0 unspecified atom stereocenters. The Morgan fingerprint density at radius 2 is 2.00 bits per heavy atom. The van der Waals surface area contributed by atoms with Gasteiger partial charge in [0.2, 0.25) is 5.78 Å². The van der Waals surface area contributed by atoms with E-state index < -0.39 is 0 Å². The fraction of sp³-hybridized carbons (Fsp3) is 0.350. The number of carbonyl (C=O) groups is 1. The first kappa shape index (κ1) is 18.2. The van der Waals surface area contributed by atoms with Crippen LogP contribution in [0.3, 0.4) is 0 Å². The van der Waals surface area contributed by atoms with Gasteiger partial charge in [-0.1, -0.05) is 19.1 Å². The van der Waals surface area contributed by atoms with Crippen molar-refractivity contribution in [2.24, 2.45) is 0 Å². The molecular formula is C20H21FN6O. The molecule has 0 fully saturated rings. The van der Waals surface area contributed by atoms with Gasteiger partial charge < -0.3 is 4.90 Å². The number of hydrogen-bond acceptors (Lipinski definition) is 6. The highest BCUT2D eigenvalue weighted by molar-refractivity contribution is 5.94. The van der Waals surface area contributed by atoms with Crippen LogP contribution < -0.4 is 4.90 Å². The quantitative estimate of drug-likeness (QED) is 0.632.